The Morgan fingerprint density at radius 3 is 2.40 bits per heavy atom. The summed E-state index contributed by atoms with van der Waals surface area (Å²) in [4.78, 5) is 0. The maximum atomic E-state index is 5.81. The molecule has 0 saturated heterocycles. The fourth-order valence-electron chi connectivity index (χ4n) is 1.81. The first-order chi connectivity index (χ1) is 6.99. The molecule has 0 fully saturated rings. The van der Waals surface area contributed by atoms with E-state index >= 15 is 0 Å². The van der Waals surface area contributed by atoms with Crippen molar-refractivity contribution in [2.24, 2.45) is 5.73 Å². The summed E-state index contributed by atoms with van der Waals surface area (Å²) in [5.74, 6) is 0. The molecule has 0 spiro atoms. The third-order valence-corrected chi connectivity index (χ3v) is 2.45. The molecule has 0 saturated carbocycles. The largest absolute Gasteiger partial charge is 0.328 e. The lowest BCUT2D eigenvalue weighted by molar-refractivity contribution is 0.338. The molecule has 0 bridgehead atoms. The molecule has 1 rings (SSSR count). The molecule has 0 radical (unpaired) electrons. The van der Waals surface area contributed by atoms with Crippen molar-refractivity contribution in [3.63, 3.8) is 0 Å². The maximum absolute atomic E-state index is 5.81. The topological polar surface area (TPSA) is 38.0 Å². The minimum atomic E-state index is 0.101. The molecule has 1 unspecified atom stereocenters. The zero-order valence-electron chi connectivity index (χ0n) is 9.96. The predicted octanol–water partition coefficient (Wildman–Crippen LogP) is 2.29. The quantitative estimate of drug-likeness (QED) is 0.775. The summed E-state index contributed by atoms with van der Waals surface area (Å²) in [5, 5.41) is 3.53. The summed E-state index contributed by atoms with van der Waals surface area (Å²) >= 11 is 0. The molecular weight excluding hydrogens is 184 g/mol. The molecule has 0 aliphatic heterocycles. The van der Waals surface area contributed by atoms with Crippen LogP contribution in [0.2, 0.25) is 0 Å². The van der Waals surface area contributed by atoms with Crippen LogP contribution in [-0.2, 0) is 6.54 Å². The van der Waals surface area contributed by atoms with E-state index in [1.54, 1.807) is 0 Å². The Balaban J connectivity index is 2.42. The van der Waals surface area contributed by atoms with Gasteiger partial charge in [-0.2, -0.15) is 0 Å². The first-order valence-electron chi connectivity index (χ1n) is 5.54. The Hall–Kier alpha value is -0.860. The van der Waals surface area contributed by atoms with Gasteiger partial charge in [0.2, 0.25) is 0 Å². The van der Waals surface area contributed by atoms with Crippen LogP contribution in [-0.4, -0.2) is 11.6 Å². The molecular formula is C13H22N2. The van der Waals surface area contributed by atoms with Crippen LogP contribution in [0.15, 0.2) is 30.3 Å². The zero-order chi connectivity index (χ0) is 11.3. The van der Waals surface area contributed by atoms with Gasteiger partial charge in [0.1, 0.15) is 0 Å². The summed E-state index contributed by atoms with van der Waals surface area (Å²) in [7, 11) is 0. The van der Waals surface area contributed by atoms with Gasteiger partial charge in [-0.1, -0.05) is 30.3 Å². The van der Waals surface area contributed by atoms with Crippen LogP contribution < -0.4 is 11.1 Å². The number of rotatable bonds is 5. The molecule has 0 aliphatic rings. The Labute approximate surface area is 92.9 Å². The lowest BCUT2D eigenvalue weighted by atomic mass is 9.96. The molecule has 0 amide bonds. The second kappa shape index (κ2) is 5.29. The van der Waals surface area contributed by atoms with E-state index < -0.39 is 0 Å². The van der Waals surface area contributed by atoms with Crippen LogP contribution in [0.5, 0.6) is 0 Å². The van der Waals surface area contributed by atoms with Gasteiger partial charge < -0.3 is 11.1 Å². The van der Waals surface area contributed by atoms with E-state index in [4.69, 9.17) is 5.73 Å². The minimum Gasteiger partial charge on any atom is -0.328 e. The molecule has 2 nitrogen and oxygen atoms in total. The van der Waals surface area contributed by atoms with Crippen molar-refractivity contribution in [1.29, 1.82) is 0 Å². The Morgan fingerprint density at radius 2 is 1.87 bits per heavy atom. The minimum absolute atomic E-state index is 0.101. The number of nitrogens with one attached hydrogen (secondary N) is 1. The average molecular weight is 206 g/mol. The number of hydrogen-bond acceptors (Lipinski definition) is 2. The lowest BCUT2D eigenvalue weighted by Crippen LogP contribution is -2.42. The fourth-order valence-corrected chi connectivity index (χ4v) is 1.81. The Bertz CT molecular complexity index is 278. The van der Waals surface area contributed by atoms with Crippen LogP contribution in [0, 0.1) is 0 Å². The van der Waals surface area contributed by atoms with Gasteiger partial charge in [0.05, 0.1) is 0 Å². The predicted molar refractivity (Wildman–Crippen MR) is 65.6 cm³/mol. The van der Waals surface area contributed by atoms with Crippen LogP contribution in [0.3, 0.4) is 0 Å². The third kappa shape index (κ3) is 4.96. The van der Waals surface area contributed by atoms with Gasteiger partial charge in [-0.3, -0.25) is 0 Å². The van der Waals surface area contributed by atoms with Crippen LogP contribution in [0.25, 0.3) is 0 Å². The molecule has 3 N–H and O–H groups in total. The van der Waals surface area contributed by atoms with E-state index in [2.05, 4.69) is 43.4 Å². The fraction of sp³-hybridized carbons (Fsp3) is 0.538. The first kappa shape index (κ1) is 12.2. The highest BCUT2D eigenvalue weighted by Crippen LogP contribution is 2.11. The standard InChI is InChI=1S/C13H22N2/c1-11(14)9-13(2,3)15-10-12-7-5-4-6-8-12/h4-8,11,15H,9-10,14H2,1-3H3. The normalized spacial score (nSPS) is 13.9. The van der Waals surface area contributed by atoms with E-state index in [9.17, 15) is 0 Å². The highest BCUT2D eigenvalue weighted by Gasteiger charge is 2.18. The number of benzene rings is 1. The van der Waals surface area contributed by atoms with Crippen molar-refractivity contribution in [2.45, 2.75) is 45.3 Å². The van der Waals surface area contributed by atoms with Crippen molar-refractivity contribution in [3.05, 3.63) is 35.9 Å². The van der Waals surface area contributed by atoms with Gasteiger partial charge >= 0.3 is 0 Å². The summed E-state index contributed by atoms with van der Waals surface area (Å²) < 4.78 is 0. The van der Waals surface area contributed by atoms with E-state index in [0.29, 0.717) is 0 Å². The van der Waals surface area contributed by atoms with Gasteiger partial charge in [0.25, 0.3) is 0 Å². The molecule has 0 heterocycles. The average Bonchev–Trinajstić information content (AvgIpc) is 2.15. The Morgan fingerprint density at radius 1 is 1.27 bits per heavy atom. The molecule has 1 aromatic rings. The SMILES string of the molecule is CC(N)CC(C)(C)NCc1ccccc1. The summed E-state index contributed by atoms with van der Waals surface area (Å²) in [6, 6.07) is 10.7. The van der Waals surface area contributed by atoms with Gasteiger partial charge in [-0.15, -0.1) is 0 Å². The number of hydrogen-bond donors (Lipinski definition) is 2. The number of nitrogens with two attached hydrogens (primary N) is 1. The smallest absolute Gasteiger partial charge is 0.0210 e. The van der Waals surface area contributed by atoms with Crippen molar-refractivity contribution in [3.8, 4) is 0 Å². The summed E-state index contributed by atoms with van der Waals surface area (Å²) in [6.45, 7) is 7.34. The molecule has 84 valence electrons. The van der Waals surface area contributed by atoms with E-state index in [-0.39, 0.29) is 11.6 Å². The van der Waals surface area contributed by atoms with E-state index in [1.165, 1.54) is 5.56 Å². The molecule has 15 heavy (non-hydrogen) atoms. The van der Waals surface area contributed by atoms with Crippen molar-refractivity contribution < 1.29 is 0 Å². The van der Waals surface area contributed by atoms with Gasteiger partial charge in [-0.25, -0.2) is 0 Å². The molecule has 0 aromatic heterocycles. The Kier molecular flexibility index (Phi) is 4.30. The molecule has 0 aliphatic carbocycles. The van der Waals surface area contributed by atoms with E-state index in [1.807, 2.05) is 13.0 Å². The molecule has 2 heteroatoms. The zero-order valence-corrected chi connectivity index (χ0v) is 9.96. The van der Waals surface area contributed by atoms with Crippen LogP contribution in [0.1, 0.15) is 32.8 Å². The second-order valence-corrected chi connectivity index (χ2v) is 4.90. The van der Waals surface area contributed by atoms with Gasteiger partial charge in [0, 0.05) is 18.1 Å². The summed E-state index contributed by atoms with van der Waals surface area (Å²) in [6.07, 6.45) is 0.986. The highest BCUT2D eigenvalue weighted by atomic mass is 15.0. The van der Waals surface area contributed by atoms with Crippen molar-refractivity contribution in [2.75, 3.05) is 0 Å². The summed E-state index contributed by atoms with van der Waals surface area (Å²) in [5.41, 5.74) is 7.22. The second-order valence-electron chi connectivity index (χ2n) is 4.90. The molecule has 1 atom stereocenters. The van der Waals surface area contributed by atoms with Gasteiger partial charge in [0.15, 0.2) is 0 Å². The monoisotopic (exact) mass is 206 g/mol. The first-order valence-corrected chi connectivity index (χ1v) is 5.54. The van der Waals surface area contributed by atoms with Crippen LogP contribution in [0.4, 0.5) is 0 Å². The maximum Gasteiger partial charge on any atom is 0.0210 e. The van der Waals surface area contributed by atoms with E-state index in [0.717, 1.165) is 13.0 Å². The molecule has 1 aromatic carbocycles. The van der Waals surface area contributed by atoms with Crippen LogP contribution >= 0.6 is 0 Å². The van der Waals surface area contributed by atoms with Crippen molar-refractivity contribution in [1.82, 2.24) is 5.32 Å². The van der Waals surface area contributed by atoms with Crippen molar-refractivity contribution >= 4 is 0 Å². The highest BCUT2D eigenvalue weighted by molar-refractivity contribution is 5.14. The third-order valence-electron chi connectivity index (χ3n) is 2.45. The van der Waals surface area contributed by atoms with Gasteiger partial charge in [-0.05, 0) is 32.8 Å². The lowest BCUT2D eigenvalue weighted by Gasteiger charge is -2.28.